The molecule has 8 N–H and O–H groups in total. The highest BCUT2D eigenvalue weighted by molar-refractivity contribution is 5.97. The molecule has 0 aliphatic heterocycles. The number of hydrogen-bond acceptors (Lipinski definition) is 9. The van der Waals surface area contributed by atoms with Crippen LogP contribution in [0.1, 0.15) is 65.5 Å². The maximum atomic E-state index is 13.0. The molecule has 1 aliphatic rings. The summed E-state index contributed by atoms with van der Waals surface area (Å²) in [7, 11) is 0. The number of primary amides is 1. The van der Waals surface area contributed by atoms with Crippen molar-refractivity contribution in [3.05, 3.63) is 69.3 Å². The third kappa shape index (κ3) is 8.30. The van der Waals surface area contributed by atoms with E-state index < -0.39 is 48.2 Å². The first kappa shape index (κ1) is 34.1. The average Bonchev–Trinajstić information content (AvgIpc) is 3.44. The number of aromatic amines is 1. The van der Waals surface area contributed by atoms with Gasteiger partial charge < -0.3 is 41.6 Å². The van der Waals surface area contributed by atoms with Gasteiger partial charge in [-0.15, -0.1) is 6.42 Å². The lowest BCUT2D eigenvalue weighted by Crippen LogP contribution is -2.46. The van der Waals surface area contributed by atoms with Crippen LogP contribution in [0.2, 0.25) is 0 Å². The first-order valence-electron chi connectivity index (χ1n) is 14.7. The number of carbonyl (C=O) groups excluding carboxylic acids is 3. The number of carboxylic acid groups (broad SMARTS) is 2. The number of carbonyl (C=O) groups is 5. The van der Waals surface area contributed by atoms with E-state index in [0.717, 1.165) is 11.1 Å². The van der Waals surface area contributed by atoms with E-state index in [0.29, 0.717) is 29.4 Å². The van der Waals surface area contributed by atoms with E-state index >= 15 is 0 Å². The van der Waals surface area contributed by atoms with E-state index in [1.54, 1.807) is 30.3 Å². The number of hydrogen-bond donors (Lipinski definition) is 7. The zero-order chi connectivity index (χ0) is 34.2. The van der Waals surface area contributed by atoms with Crippen molar-refractivity contribution in [1.82, 2.24) is 20.6 Å². The Hall–Kier alpha value is -5.75. The number of aliphatic carboxylic acids is 2. The Morgan fingerprint density at radius 2 is 1.77 bits per heavy atom. The van der Waals surface area contributed by atoms with Crippen molar-refractivity contribution in [2.75, 3.05) is 11.4 Å². The van der Waals surface area contributed by atoms with Crippen LogP contribution in [-0.4, -0.2) is 73.6 Å². The minimum Gasteiger partial charge on any atom is -0.481 e. The van der Waals surface area contributed by atoms with Gasteiger partial charge in [0.1, 0.15) is 24.5 Å². The summed E-state index contributed by atoms with van der Waals surface area (Å²) >= 11 is 0. The highest BCUT2D eigenvalue weighted by Crippen LogP contribution is 2.39. The maximum absolute atomic E-state index is 13.0. The van der Waals surface area contributed by atoms with Crippen molar-refractivity contribution in [2.24, 2.45) is 5.73 Å². The van der Waals surface area contributed by atoms with Gasteiger partial charge in [-0.3, -0.25) is 24.0 Å². The number of amides is 3. The predicted octanol–water partition coefficient (Wildman–Crippen LogP) is 0.341. The maximum Gasteiger partial charge on any atom is 0.326 e. The van der Waals surface area contributed by atoms with Crippen molar-refractivity contribution in [2.45, 2.75) is 63.3 Å². The van der Waals surface area contributed by atoms with Crippen molar-refractivity contribution in [3.8, 4) is 12.3 Å². The van der Waals surface area contributed by atoms with Crippen LogP contribution < -0.4 is 26.8 Å². The Morgan fingerprint density at radius 1 is 1.06 bits per heavy atom. The Balaban J connectivity index is 1.44. The van der Waals surface area contributed by atoms with Gasteiger partial charge in [0.05, 0.1) is 23.5 Å². The number of aromatic nitrogens is 2. The van der Waals surface area contributed by atoms with Crippen LogP contribution in [0, 0.1) is 12.3 Å². The Labute approximate surface area is 268 Å². The molecule has 15 heteroatoms. The van der Waals surface area contributed by atoms with E-state index in [-0.39, 0.29) is 55.4 Å². The molecule has 0 saturated carbocycles. The van der Waals surface area contributed by atoms with Gasteiger partial charge in [-0.25, -0.2) is 9.78 Å². The molecule has 2 aromatic carbocycles. The molecule has 1 heterocycles. The van der Waals surface area contributed by atoms with Crippen molar-refractivity contribution < 1.29 is 39.3 Å². The van der Waals surface area contributed by atoms with Crippen LogP contribution in [-0.2, 0) is 32.2 Å². The number of H-pyrrole nitrogens is 1. The zero-order valence-electron chi connectivity index (χ0n) is 25.2. The van der Waals surface area contributed by atoms with Gasteiger partial charge in [0.15, 0.2) is 0 Å². The third-order valence-electron chi connectivity index (χ3n) is 7.90. The number of fused-ring (bicyclic) bond motifs is 2. The molecule has 4 rings (SSSR count). The lowest BCUT2D eigenvalue weighted by atomic mass is 10.0. The molecule has 15 nitrogen and oxygen atoms in total. The normalized spacial score (nSPS) is 14.8. The minimum atomic E-state index is -1.43. The van der Waals surface area contributed by atoms with Crippen LogP contribution in [0.5, 0.6) is 0 Å². The number of nitrogens with one attached hydrogen (secondary N) is 3. The second kappa shape index (κ2) is 15.0. The van der Waals surface area contributed by atoms with Crippen LogP contribution in [0.15, 0.2) is 41.2 Å². The van der Waals surface area contributed by atoms with E-state index in [2.05, 4.69) is 26.5 Å². The predicted molar refractivity (Wildman–Crippen MR) is 168 cm³/mol. The number of anilines is 1. The molecule has 3 amide bonds. The number of rotatable bonds is 15. The molecule has 1 unspecified atom stereocenters. The summed E-state index contributed by atoms with van der Waals surface area (Å²) in [4.78, 5) is 81.0. The van der Waals surface area contributed by atoms with Gasteiger partial charge in [-0.2, -0.15) is 0 Å². The summed E-state index contributed by atoms with van der Waals surface area (Å²) < 4.78 is 0. The van der Waals surface area contributed by atoms with Crippen molar-refractivity contribution in [3.63, 3.8) is 0 Å². The summed E-state index contributed by atoms with van der Waals surface area (Å²) in [5.74, 6) is -2.07. The number of aliphatic hydroxyl groups is 1. The quantitative estimate of drug-likeness (QED) is 0.111. The number of carboxylic acids is 2. The monoisotopic (exact) mass is 646 g/mol. The van der Waals surface area contributed by atoms with Crippen molar-refractivity contribution in [1.29, 1.82) is 0 Å². The Kier molecular flexibility index (Phi) is 10.9. The number of aryl methyl sites for hydroxylation is 1. The standard InChI is InChI=1S/C32H34N6O9/c1-2-13-38(25-10-5-18-14-24-21(15-20(18)25)31(45)37-26(16-39)34-24)19-6-3-17(4-7-19)30(44)36-22(29(33)43)8-11-27(40)35-23(32(46)47)9-12-28(41)42/h1,3-4,6-7,14-15,22-23,25,39H,5,8-13,16H2,(H2,33,43)(H,35,40)(H,36,44)(H,41,42)(H,46,47)(H,34,37,45)/t22-,23+,25?/m0/s1. The van der Waals surface area contributed by atoms with Crippen LogP contribution in [0.3, 0.4) is 0 Å². The molecule has 1 aliphatic carbocycles. The Morgan fingerprint density at radius 3 is 2.38 bits per heavy atom. The number of nitrogens with two attached hydrogens (primary N) is 1. The molecule has 0 bridgehead atoms. The summed E-state index contributed by atoms with van der Waals surface area (Å²) in [5.41, 5.74) is 8.40. The fraction of sp³-hybridized carbons (Fsp3) is 0.344. The third-order valence-corrected chi connectivity index (χ3v) is 7.90. The van der Waals surface area contributed by atoms with Gasteiger partial charge in [-0.1, -0.05) is 5.92 Å². The van der Waals surface area contributed by atoms with E-state index in [1.165, 1.54) is 0 Å². The smallest absolute Gasteiger partial charge is 0.326 e. The molecule has 0 saturated heterocycles. The average molecular weight is 647 g/mol. The summed E-state index contributed by atoms with van der Waals surface area (Å²) in [6.45, 7) is -0.154. The molecule has 0 radical (unpaired) electrons. The van der Waals surface area contributed by atoms with Gasteiger partial charge in [-0.05, 0) is 73.2 Å². The SMILES string of the molecule is C#CCN(c1ccc(C(=O)N[C@@H](CCC(=O)N[C@H](CCC(=O)O)C(=O)O)C(N)=O)cc1)C1CCc2cc3nc(CO)[nH]c(=O)c3cc21. The first-order chi connectivity index (χ1) is 22.4. The van der Waals surface area contributed by atoms with Crippen LogP contribution in [0.25, 0.3) is 10.9 Å². The summed E-state index contributed by atoms with van der Waals surface area (Å²) in [6.07, 6.45) is 5.77. The molecular weight excluding hydrogens is 612 g/mol. The number of benzene rings is 2. The summed E-state index contributed by atoms with van der Waals surface area (Å²) in [6, 6.07) is 7.28. The topological polar surface area (TPSA) is 245 Å². The molecule has 47 heavy (non-hydrogen) atoms. The lowest BCUT2D eigenvalue weighted by Gasteiger charge is -2.30. The molecular formula is C32H34N6O9. The fourth-order valence-electron chi connectivity index (χ4n) is 5.55. The van der Waals surface area contributed by atoms with Gasteiger partial charge in [0.25, 0.3) is 11.5 Å². The number of terminal acetylenes is 1. The van der Waals surface area contributed by atoms with E-state index in [9.17, 15) is 39.0 Å². The number of nitrogens with zero attached hydrogens (tertiary/aromatic N) is 2. The number of aliphatic hydroxyl groups excluding tert-OH is 1. The second-order valence-electron chi connectivity index (χ2n) is 11.0. The van der Waals surface area contributed by atoms with Crippen LogP contribution >= 0.6 is 0 Å². The Bertz CT molecular complexity index is 1800. The van der Waals surface area contributed by atoms with Crippen molar-refractivity contribution >= 4 is 46.3 Å². The molecule has 3 atom stereocenters. The minimum absolute atomic E-state index is 0.169. The highest BCUT2D eigenvalue weighted by Gasteiger charge is 2.30. The van der Waals surface area contributed by atoms with E-state index in [1.807, 2.05) is 11.0 Å². The van der Waals surface area contributed by atoms with Gasteiger partial charge in [0, 0.05) is 24.1 Å². The molecule has 0 fully saturated rings. The fourth-order valence-corrected chi connectivity index (χ4v) is 5.55. The molecule has 3 aromatic rings. The van der Waals surface area contributed by atoms with E-state index in [4.69, 9.17) is 17.3 Å². The van der Waals surface area contributed by atoms with Crippen LogP contribution in [0.4, 0.5) is 5.69 Å². The molecule has 246 valence electrons. The lowest BCUT2D eigenvalue weighted by molar-refractivity contribution is -0.143. The molecule has 0 spiro atoms. The summed E-state index contributed by atoms with van der Waals surface area (Å²) in [5, 5.41) is 32.5. The van der Waals surface area contributed by atoms with Gasteiger partial charge in [0.2, 0.25) is 11.8 Å². The van der Waals surface area contributed by atoms with Gasteiger partial charge >= 0.3 is 11.9 Å². The zero-order valence-corrected chi connectivity index (χ0v) is 25.2. The molecule has 1 aromatic heterocycles. The first-order valence-corrected chi connectivity index (χ1v) is 14.7. The largest absolute Gasteiger partial charge is 0.481 e. The second-order valence-corrected chi connectivity index (χ2v) is 11.0. The highest BCUT2D eigenvalue weighted by atomic mass is 16.4.